The molecule has 3 heteroatoms. The first-order chi connectivity index (χ1) is 4.72. The quantitative estimate of drug-likeness (QED) is 0.462. The van der Waals surface area contributed by atoms with Gasteiger partial charge in [-0.05, 0) is 13.3 Å². The Morgan fingerprint density at radius 1 is 1.70 bits per heavy atom. The number of rotatable bonds is 3. The first-order valence-electron chi connectivity index (χ1n) is 3.32. The second-order valence-electron chi connectivity index (χ2n) is 1.90. The Bertz CT molecular complexity index is 146. The number of allylic oxidation sites excluding steroid dienone is 1. The van der Waals surface area contributed by atoms with E-state index in [-0.39, 0.29) is 5.76 Å². The Hall–Kier alpha value is -0.990. The summed E-state index contributed by atoms with van der Waals surface area (Å²) < 4.78 is 0. The summed E-state index contributed by atoms with van der Waals surface area (Å²) in [4.78, 5) is 3.95. The standard InChI is InChI=1S/C7H14N2O/c1-4-5-9-7(8-3)6(2)10/h5,8,10H,4H2,1-3H3/b7-6+,9-5-. The molecule has 0 aromatic rings. The van der Waals surface area contributed by atoms with Crippen molar-refractivity contribution in [3.8, 4) is 0 Å². The first kappa shape index (κ1) is 9.01. The zero-order valence-electron chi connectivity index (χ0n) is 6.68. The van der Waals surface area contributed by atoms with Crippen LogP contribution in [-0.2, 0) is 0 Å². The van der Waals surface area contributed by atoms with Crippen LogP contribution in [-0.4, -0.2) is 18.4 Å². The lowest BCUT2D eigenvalue weighted by atomic mass is 10.5. The number of hydrogen-bond donors (Lipinski definition) is 2. The van der Waals surface area contributed by atoms with Crippen LogP contribution in [0.2, 0.25) is 0 Å². The van der Waals surface area contributed by atoms with Gasteiger partial charge in [0.2, 0.25) is 0 Å². The highest BCUT2D eigenvalue weighted by molar-refractivity contribution is 5.58. The molecule has 10 heavy (non-hydrogen) atoms. The highest BCUT2D eigenvalue weighted by atomic mass is 16.3. The van der Waals surface area contributed by atoms with Crippen LogP contribution >= 0.6 is 0 Å². The molecular weight excluding hydrogens is 128 g/mol. The molecule has 0 aliphatic heterocycles. The van der Waals surface area contributed by atoms with Crippen LogP contribution < -0.4 is 5.32 Å². The molecule has 0 aliphatic carbocycles. The Kier molecular flexibility index (Phi) is 4.37. The number of aliphatic hydroxyl groups is 1. The fraction of sp³-hybridized carbons (Fsp3) is 0.571. The van der Waals surface area contributed by atoms with E-state index in [1.807, 2.05) is 6.92 Å². The van der Waals surface area contributed by atoms with Gasteiger partial charge in [0.25, 0.3) is 0 Å². The SMILES string of the molecule is CC/C=N\C(NC)=C(/C)O. The van der Waals surface area contributed by atoms with Crippen molar-refractivity contribution >= 4 is 6.21 Å². The Morgan fingerprint density at radius 3 is 2.60 bits per heavy atom. The van der Waals surface area contributed by atoms with Gasteiger partial charge in [0.15, 0.2) is 5.82 Å². The van der Waals surface area contributed by atoms with E-state index in [1.165, 1.54) is 0 Å². The molecule has 0 saturated carbocycles. The Balaban J connectivity index is 4.10. The molecule has 0 radical (unpaired) electrons. The lowest BCUT2D eigenvalue weighted by Gasteiger charge is -1.99. The van der Waals surface area contributed by atoms with E-state index in [4.69, 9.17) is 5.11 Å². The number of aliphatic imine (C=N–C) groups is 1. The van der Waals surface area contributed by atoms with Gasteiger partial charge in [0.1, 0.15) is 5.76 Å². The number of aliphatic hydroxyl groups excluding tert-OH is 1. The van der Waals surface area contributed by atoms with Crippen LogP contribution in [0.5, 0.6) is 0 Å². The van der Waals surface area contributed by atoms with E-state index in [9.17, 15) is 0 Å². The molecule has 0 aliphatic rings. The van der Waals surface area contributed by atoms with E-state index in [0.29, 0.717) is 5.82 Å². The molecule has 0 saturated heterocycles. The molecule has 0 atom stereocenters. The van der Waals surface area contributed by atoms with Gasteiger partial charge in [-0.3, -0.25) is 0 Å². The third kappa shape index (κ3) is 3.12. The zero-order chi connectivity index (χ0) is 7.98. The van der Waals surface area contributed by atoms with Crippen molar-refractivity contribution in [2.45, 2.75) is 20.3 Å². The number of nitrogens with one attached hydrogen (secondary N) is 1. The van der Waals surface area contributed by atoms with E-state index >= 15 is 0 Å². The molecule has 0 heterocycles. The maximum absolute atomic E-state index is 8.94. The van der Waals surface area contributed by atoms with Crippen molar-refractivity contribution in [1.82, 2.24) is 5.32 Å². The van der Waals surface area contributed by atoms with Gasteiger partial charge in [-0.1, -0.05) is 6.92 Å². The van der Waals surface area contributed by atoms with E-state index in [1.54, 1.807) is 20.2 Å². The maximum Gasteiger partial charge on any atom is 0.163 e. The van der Waals surface area contributed by atoms with Crippen LogP contribution in [0, 0.1) is 0 Å². The van der Waals surface area contributed by atoms with E-state index in [2.05, 4.69) is 10.3 Å². The second kappa shape index (κ2) is 4.85. The molecule has 0 fully saturated rings. The second-order valence-corrected chi connectivity index (χ2v) is 1.90. The summed E-state index contributed by atoms with van der Waals surface area (Å²) >= 11 is 0. The van der Waals surface area contributed by atoms with Gasteiger partial charge >= 0.3 is 0 Å². The first-order valence-corrected chi connectivity index (χ1v) is 3.32. The van der Waals surface area contributed by atoms with Gasteiger partial charge in [-0.2, -0.15) is 0 Å². The molecule has 58 valence electrons. The normalized spacial score (nSPS) is 13.5. The summed E-state index contributed by atoms with van der Waals surface area (Å²) in [5.41, 5.74) is 0. The summed E-state index contributed by atoms with van der Waals surface area (Å²) in [5, 5.41) is 11.7. The van der Waals surface area contributed by atoms with Gasteiger partial charge in [0, 0.05) is 13.3 Å². The predicted octanol–water partition coefficient (Wildman–Crippen LogP) is 1.43. The van der Waals surface area contributed by atoms with Gasteiger partial charge < -0.3 is 10.4 Å². The number of hydrogen-bond acceptors (Lipinski definition) is 3. The van der Waals surface area contributed by atoms with E-state index < -0.39 is 0 Å². The largest absolute Gasteiger partial charge is 0.509 e. The molecule has 0 spiro atoms. The molecule has 0 unspecified atom stereocenters. The van der Waals surface area contributed by atoms with Crippen molar-refractivity contribution in [2.75, 3.05) is 7.05 Å². The lowest BCUT2D eigenvalue weighted by molar-refractivity contribution is 0.401. The monoisotopic (exact) mass is 142 g/mol. The predicted molar refractivity (Wildman–Crippen MR) is 43.2 cm³/mol. The fourth-order valence-corrected chi connectivity index (χ4v) is 0.521. The van der Waals surface area contributed by atoms with Crippen molar-refractivity contribution in [3.63, 3.8) is 0 Å². The van der Waals surface area contributed by atoms with Gasteiger partial charge in [-0.15, -0.1) is 0 Å². The van der Waals surface area contributed by atoms with Crippen molar-refractivity contribution in [1.29, 1.82) is 0 Å². The maximum atomic E-state index is 8.94. The summed E-state index contributed by atoms with van der Waals surface area (Å²) in [6.07, 6.45) is 2.62. The summed E-state index contributed by atoms with van der Waals surface area (Å²) in [7, 11) is 1.72. The minimum Gasteiger partial charge on any atom is -0.509 e. The summed E-state index contributed by atoms with van der Waals surface area (Å²) in [6.45, 7) is 3.59. The summed E-state index contributed by atoms with van der Waals surface area (Å²) in [5.74, 6) is 0.744. The average molecular weight is 142 g/mol. The molecule has 0 rings (SSSR count). The third-order valence-corrected chi connectivity index (χ3v) is 0.982. The van der Waals surface area contributed by atoms with E-state index in [0.717, 1.165) is 6.42 Å². The van der Waals surface area contributed by atoms with Crippen molar-refractivity contribution in [3.05, 3.63) is 11.6 Å². The van der Waals surface area contributed by atoms with Crippen LogP contribution in [0.4, 0.5) is 0 Å². The molecule has 0 aromatic heterocycles. The minimum absolute atomic E-state index is 0.215. The minimum atomic E-state index is 0.215. The molecule has 3 nitrogen and oxygen atoms in total. The molecular formula is C7H14N2O. The molecule has 0 amide bonds. The zero-order valence-corrected chi connectivity index (χ0v) is 6.68. The lowest BCUT2D eigenvalue weighted by Crippen LogP contribution is -2.05. The Labute approximate surface area is 61.5 Å². The fourth-order valence-electron chi connectivity index (χ4n) is 0.521. The van der Waals surface area contributed by atoms with Crippen LogP contribution in [0.1, 0.15) is 20.3 Å². The van der Waals surface area contributed by atoms with Crippen molar-refractivity contribution in [2.24, 2.45) is 4.99 Å². The third-order valence-electron chi connectivity index (χ3n) is 0.982. The highest BCUT2D eigenvalue weighted by Crippen LogP contribution is 1.95. The molecule has 0 aromatic carbocycles. The van der Waals surface area contributed by atoms with Crippen LogP contribution in [0.25, 0.3) is 0 Å². The highest BCUT2D eigenvalue weighted by Gasteiger charge is 1.91. The molecule has 2 N–H and O–H groups in total. The summed E-state index contributed by atoms with van der Waals surface area (Å²) in [6, 6.07) is 0. The number of nitrogens with zero attached hydrogens (tertiary/aromatic N) is 1. The van der Waals surface area contributed by atoms with Gasteiger partial charge in [0.05, 0.1) is 0 Å². The van der Waals surface area contributed by atoms with Crippen LogP contribution in [0.3, 0.4) is 0 Å². The van der Waals surface area contributed by atoms with Crippen molar-refractivity contribution < 1.29 is 5.11 Å². The molecule has 0 bridgehead atoms. The average Bonchev–Trinajstić information content (AvgIpc) is 1.89. The topological polar surface area (TPSA) is 44.6 Å². The van der Waals surface area contributed by atoms with Crippen LogP contribution in [0.15, 0.2) is 16.6 Å². The Morgan fingerprint density at radius 2 is 2.30 bits per heavy atom. The van der Waals surface area contributed by atoms with Gasteiger partial charge in [-0.25, -0.2) is 4.99 Å². The smallest absolute Gasteiger partial charge is 0.163 e.